The Morgan fingerprint density at radius 3 is 2.43 bits per heavy atom. The monoisotopic (exact) mass is 291 g/mol. The molecule has 116 valence electrons. The number of carbonyl (C=O) groups is 1. The van der Waals surface area contributed by atoms with E-state index >= 15 is 0 Å². The number of benzene rings is 1. The third-order valence-electron chi connectivity index (χ3n) is 3.74. The second-order valence-electron chi connectivity index (χ2n) is 5.47. The highest BCUT2D eigenvalue weighted by Crippen LogP contribution is 2.08. The maximum atomic E-state index is 11.7. The molecule has 0 saturated carbocycles. The highest BCUT2D eigenvalue weighted by molar-refractivity contribution is 5.77. The maximum absolute atomic E-state index is 11.7. The average molecular weight is 291 g/mol. The van der Waals surface area contributed by atoms with E-state index in [1.54, 1.807) is 0 Å². The van der Waals surface area contributed by atoms with Crippen LogP contribution in [0.15, 0.2) is 30.3 Å². The van der Waals surface area contributed by atoms with E-state index in [4.69, 9.17) is 5.11 Å². The zero-order valence-electron chi connectivity index (χ0n) is 12.5. The van der Waals surface area contributed by atoms with Gasteiger partial charge in [-0.2, -0.15) is 0 Å². The van der Waals surface area contributed by atoms with E-state index in [0.717, 1.165) is 32.7 Å². The number of aliphatic hydroxyl groups excluding tert-OH is 1. The third-order valence-corrected chi connectivity index (χ3v) is 3.74. The number of carbonyl (C=O) groups excluding carboxylic acids is 1. The van der Waals surface area contributed by atoms with E-state index < -0.39 is 0 Å². The van der Waals surface area contributed by atoms with Crippen molar-refractivity contribution in [2.45, 2.75) is 13.0 Å². The summed E-state index contributed by atoms with van der Waals surface area (Å²) in [5, 5.41) is 11.5. The lowest BCUT2D eigenvalue weighted by Crippen LogP contribution is -2.49. The molecular weight excluding hydrogens is 266 g/mol. The van der Waals surface area contributed by atoms with Gasteiger partial charge in [-0.05, 0) is 12.0 Å². The van der Waals surface area contributed by atoms with Crippen LogP contribution in [0.1, 0.15) is 12.0 Å². The molecule has 1 heterocycles. The first-order chi connectivity index (χ1) is 10.3. The van der Waals surface area contributed by atoms with Crippen molar-refractivity contribution in [3.63, 3.8) is 0 Å². The van der Waals surface area contributed by atoms with Gasteiger partial charge < -0.3 is 10.4 Å². The lowest BCUT2D eigenvalue weighted by atomic mass is 10.2. The van der Waals surface area contributed by atoms with Crippen molar-refractivity contribution in [1.29, 1.82) is 0 Å². The number of amides is 1. The summed E-state index contributed by atoms with van der Waals surface area (Å²) in [6.07, 6.45) is 0.622. The standard InChI is InChI=1S/C16H25N3O2/c20-12-4-7-17-16(21)14-19-10-8-18(9-11-19)13-15-5-2-1-3-6-15/h1-3,5-6,20H,4,7-14H2,(H,17,21). The molecule has 0 unspecified atom stereocenters. The number of nitrogens with one attached hydrogen (secondary N) is 1. The normalized spacial score (nSPS) is 16.8. The molecular formula is C16H25N3O2. The maximum Gasteiger partial charge on any atom is 0.234 e. The Kier molecular flexibility index (Phi) is 6.66. The smallest absolute Gasteiger partial charge is 0.234 e. The van der Waals surface area contributed by atoms with Crippen LogP contribution in [-0.4, -0.2) is 66.7 Å². The van der Waals surface area contributed by atoms with Gasteiger partial charge in [0.25, 0.3) is 0 Å². The predicted molar refractivity (Wildman–Crippen MR) is 82.9 cm³/mol. The van der Waals surface area contributed by atoms with Crippen molar-refractivity contribution < 1.29 is 9.90 Å². The summed E-state index contributed by atoms with van der Waals surface area (Å²) in [6, 6.07) is 10.5. The van der Waals surface area contributed by atoms with E-state index in [9.17, 15) is 4.79 Å². The molecule has 1 aliphatic rings. The van der Waals surface area contributed by atoms with Crippen LogP contribution < -0.4 is 5.32 Å². The highest BCUT2D eigenvalue weighted by Gasteiger charge is 2.18. The number of nitrogens with zero attached hydrogens (tertiary/aromatic N) is 2. The lowest BCUT2D eigenvalue weighted by molar-refractivity contribution is -0.122. The second-order valence-corrected chi connectivity index (χ2v) is 5.47. The highest BCUT2D eigenvalue weighted by atomic mass is 16.3. The largest absolute Gasteiger partial charge is 0.396 e. The summed E-state index contributed by atoms with van der Waals surface area (Å²) >= 11 is 0. The third kappa shape index (κ3) is 5.83. The summed E-state index contributed by atoms with van der Waals surface area (Å²) in [5.74, 6) is 0.0555. The Bertz CT molecular complexity index is 417. The van der Waals surface area contributed by atoms with Gasteiger partial charge in [-0.1, -0.05) is 30.3 Å². The van der Waals surface area contributed by atoms with Crippen LogP contribution in [0.3, 0.4) is 0 Å². The van der Waals surface area contributed by atoms with Gasteiger partial charge in [0.05, 0.1) is 6.54 Å². The fourth-order valence-corrected chi connectivity index (χ4v) is 2.51. The number of aliphatic hydroxyl groups is 1. The van der Waals surface area contributed by atoms with E-state index in [0.29, 0.717) is 19.5 Å². The molecule has 1 aromatic rings. The van der Waals surface area contributed by atoms with Crippen LogP contribution >= 0.6 is 0 Å². The number of hydrogen-bond acceptors (Lipinski definition) is 4. The van der Waals surface area contributed by atoms with E-state index in [-0.39, 0.29) is 12.5 Å². The number of hydrogen-bond donors (Lipinski definition) is 2. The molecule has 0 bridgehead atoms. The van der Waals surface area contributed by atoms with Gasteiger partial charge in [-0.25, -0.2) is 0 Å². The zero-order chi connectivity index (χ0) is 14.9. The van der Waals surface area contributed by atoms with Crippen LogP contribution in [0, 0.1) is 0 Å². The molecule has 0 atom stereocenters. The summed E-state index contributed by atoms with van der Waals surface area (Å²) in [4.78, 5) is 16.3. The van der Waals surface area contributed by atoms with Crippen LogP contribution in [0.2, 0.25) is 0 Å². The topological polar surface area (TPSA) is 55.8 Å². The molecule has 0 aromatic heterocycles. The van der Waals surface area contributed by atoms with Gasteiger partial charge in [0, 0.05) is 45.9 Å². The second kappa shape index (κ2) is 8.77. The molecule has 1 amide bonds. The predicted octanol–water partition coefficient (Wildman–Crippen LogP) is 0.303. The Morgan fingerprint density at radius 2 is 1.76 bits per heavy atom. The lowest BCUT2D eigenvalue weighted by Gasteiger charge is -2.34. The molecule has 0 spiro atoms. The van der Waals surface area contributed by atoms with Crippen molar-refractivity contribution in [1.82, 2.24) is 15.1 Å². The molecule has 1 aromatic carbocycles. The van der Waals surface area contributed by atoms with E-state index in [2.05, 4.69) is 39.4 Å². The summed E-state index contributed by atoms with van der Waals surface area (Å²) in [7, 11) is 0. The molecule has 0 radical (unpaired) electrons. The first-order valence-corrected chi connectivity index (χ1v) is 7.64. The van der Waals surface area contributed by atoms with Gasteiger partial charge in [0.15, 0.2) is 0 Å². The summed E-state index contributed by atoms with van der Waals surface area (Å²) in [5.41, 5.74) is 1.34. The van der Waals surface area contributed by atoms with Gasteiger partial charge >= 0.3 is 0 Å². The molecule has 2 N–H and O–H groups in total. The Morgan fingerprint density at radius 1 is 1.10 bits per heavy atom. The first kappa shape index (κ1) is 15.9. The van der Waals surface area contributed by atoms with Crippen LogP contribution in [0.5, 0.6) is 0 Å². The minimum absolute atomic E-state index is 0.0555. The zero-order valence-corrected chi connectivity index (χ0v) is 12.5. The van der Waals surface area contributed by atoms with Gasteiger partial charge in [0.1, 0.15) is 0 Å². The molecule has 0 aliphatic carbocycles. The molecule has 5 heteroatoms. The fourth-order valence-electron chi connectivity index (χ4n) is 2.51. The van der Waals surface area contributed by atoms with Gasteiger partial charge in [-0.15, -0.1) is 0 Å². The van der Waals surface area contributed by atoms with E-state index in [1.165, 1.54) is 5.56 Å². The van der Waals surface area contributed by atoms with Crippen molar-refractivity contribution in [3.05, 3.63) is 35.9 Å². The van der Waals surface area contributed by atoms with Crippen molar-refractivity contribution in [3.8, 4) is 0 Å². The minimum atomic E-state index is 0.0555. The fraction of sp³-hybridized carbons (Fsp3) is 0.562. The minimum Gasteiger partial charge on any atom is -0.396 e. The van der Waals surface area contributed by atoms with Crippen molar-refractivity contribution in [2.24, 2.45) is 0 Å². The Balaban J connectivity index is 1.65. The van der Waals surface area contributed by atoms with Crippen LogP contribution in [-0.2, 0) is 11.3 Å². The van der Waals surface area contributed by atoms with E-state index in [1.807, 2.05) is 6.07 Å². The molecule has 2 rings (SSSR count). The molecule has 1 saturated heterocycles. The van der Waals surface area contributed by atoms with Gasteiger partial charge in [-0.3, -0.25) is 14.6 Å². The molecule has 21 heavy (non-hydrogen) atoms. The number of piperazine rings is 1. The SMILES string of the molecule is O=C(CN1CCN(Cc2ccccc2)CC1)NCCCO. The van der Waals surface area contributed by atoms with Crippen molar-refractivity contribution in [2.75, 3.05) is 45.9 Å². The van der Waals surface area contributed by atoms with Crippen LogP contribution in [0.4, 0.5) is 0 Å². The van der Waals surface area contributed by atoms with Gasteiger partial charge in [0.2, 0.25) is 5.91 Å². The molecule has 5 nitrogen and oxygen atoms in total. The van der Waals surface area contributed by atoms with Crippen LogP contribution in [0.25, 0.3) is 0 Å². The quantitative estimate of drug-likeness (QED) is 0.710. The molecule has 1 fully saturated rings. The first-order valence-electron chi connectivity index (χ1n) is 7.64. The summed E-state index contributed by atoms with van der Waals surface area (Å²) < 4.78 is 0. The Hall–Kier alpha value is -1.43. The molecule has 1 aliphatic heterocycles. The van der Waals surface area contributed by atoms with Crippen molar-refractivity contribution >= 4 is 5.91 Å². The number of rotatable bonds is 7. The Labute approximate surface area is 126 Å². The summed E-state index contributed by atoms with van der Waals surface area (Å²) in [6.45, 7) is 5.99. The average Bonchev–Trinajstić information content (AvgIpc) is 2.51.